The van der Waals surface area contributed by atoms with Crippen molar-refractivity contribution >= 4 is 5.97 Å². The first-order chi connectivity index (χ1) is 8.27. The van der Waals surface area contributed by atoms with Crippen LogP contribution >= 0.6 is 0 Å². The fourth-order valence-corrected chi connectivity index (χ4v) is 1.56. The maximum Gasteiger partial charge on any atom is 0.313 e. The van der Waals surface area contributed by atoms with Crippen molar-refractivity contribution in [1.29, 1.82) is 0 Å². The lowest BCUT2D eigenvalue weighted by molar-refractivity contribution is -0.146. The highest BCUT2D eigenvalue weighted by atomic mass is 16.5. The maximum absolute atomic E-state index is 11.7. The highest BCUT2D eigenvalue weighted by Gasteiger charge is 2.16. The summed E-state index contributed by atoms with van der Waals surface area (Å²) in [4.78, 5) is 11.7. The van der Waals surface area contributed by atoms with E-state index in [-0.39, 0.29) is 11.9 Å². The monoisotopic (exact) mass is 230 g/mol. The van der Waals surface area contributed by atoms with Gasteiger partial charge in [0.15, 0.2) is 0 Å². The van der Waals surface area contributed by atoms with Crippen molar-refractivity contribution in [3.05, 3.63) is 60.7 Å². The van der Waals surface area contributed by atoms with Crippen LogP contribution in [0.1, 0.15) is 12.5 Å². The number of ether oxygens (including phenoxy) is 1. The van der Waals surface area contributed by atoms with Crippen molar-refractivity contribution in [2.75, 3.05) is 6.61 Å². The predicted molar refractivity (Wildman–Crippen MR) is 69.6 cm³/mol. The lowest BCUT2D eigenvalue weighted by atomic mass is 9.99. The molecule has 0 heterocycles. The van der Waals surface area contributed by atoms with Crippen LogP contribution < -0.4 is 0 Å². The van der Waals surface area contributed by atoms with E-state index in [1.807, 2.05) is 43.3 Å². The lowest BCUT2D eigenvalue weighted by Crippen LogP contribution is -2.18. The Morgan fingerprint density at radius 1 is 1.41 bits per heavy atom. The SMILES string of the molecule is C=CC=CC(Cc1ccccc1)C(=O)OCC. The van der Waals surface area contributed by atoms with Crippen molar-refractivity contribution in [1.82, 2.24) is 0 Å². The Balaban J connectivity index is 2.73. The second kappa shape index (κ2) is 7.44. The Hall–Kier alpha value is -1.83. The molecule has 0 aromatic heterocycles. The van der Waals surface area contributed by atoms with Gasteiger partial charge in [-0.15, -0.1) is 0 Å². The number of hydrogen-bond acceptors (Lipinski definition) is 2. The molecule has 0 saturated carbocycles. The third-order valence-electron chi connectivity index (χ3n) is 2.37. The minimum atomic E-state index is -0.240. The van der Waals surface area contributed by atoms with E-state index < -0.39 is 0 Å². The van der Waals surface area contributed by atoms with Gasteiger partial charge in [0.2, 0.25) is 0 Å². The van der Waals surface area contributed by atoms with Crippen LogP contribution in [0.3, 0.4) is 0 Å². The molecule has 0 N–H and O–H groups in total. The van der Waals surface area contributed by atoms with Crippen LogP contribution in [0.25, 0.3) is 0 Å². The fourth-order valence-electron chi connectivity index (χ4n) is 1.56. The summed E-state index contributed by atoms with van der Waals surface area (Å²) >= 11 is 0. The number of allylic oxidation sites excluding steroid dienone is 2. The van der Waals surface area contributed by atoms with Crippen LogP contribution in [0.2, 0.25) is 0 Å². The smallest absolute Gasteiger partial charge is 0.313 e. The van der Waals surface area contributed by atoms with Gasteiger partial charge in [0, 0.05) is 0 Å². The molecular formula is C15H18O2. The first-order valence-corrected chi connectivity index (χ1v) is 5.77. The van der Waals surface area contributed by atoms with Crippen molar-refractivity contribution < 1.29 is 9.53 Å². The minimum absolute atomic E-state index is 0.186. The molecule has 0 amide bonds. The van der Waals surface area contributed by atoms with Crippen molar-refractivity contribution in [3.8, 4) is 0 Å². The fraction of sp³-hybridized carbons (Fsp3) is 0.267. The zero-order valence-corrected chi connectivity index (χ0v) is 10.1. The number of hydrogen-bond donors (Lipinski definition) is 0. The molecule has 1 rings (SSSR count). The van der Waals surface area contributed by atoms with Gasteiger partial charge in [0.05, 0.1) is 12.5 Å². The van der Waals surface area contributed by atoms with E-state index >= 15 is 0 Å². The van der Waals surface area contributed by atoms with Crippen LogP contribution in [-0.4, -0.2) is 12.6 Å². The number of benzene rings is 1. The van der Waals surface area contributed by atoms with Crippen molar-refractivity contribution in [2.24, 2.45) is 5.92 Å². The first kappa shape index (κ1) is 13.2. The Morgan fingerprint density at radius 3 is 2.71 bits per heavy atom. The largest absolute Gasteiger partial charge is 0.466 e. The van der Waals surface area contributed by atoms with Crippen LogP contribution in [0.5, 0.6) is 0 Å². The minimum Gasteiger partial charge on any atom is -0.466 e. The first-order valence-electron chi connectivity index (χ1n) is 5.77. The Kier molecular flexibility index (Phi) is 5.80. The molecule has 0 aliphatic rings. The zero-order chi connectivity index (χ0) is 12.5. The molecule has 1 aromatic carbocycles. The number of rotatable bonds is 6. The molecule has 2 heteroatoms. The van der Waals surface area contributed by atoms with E-state index in [4.69, 9.17) is 4.74 Å². The summed E-state index contributed by atoms with van der Waals surface area (Å²) in [5.41, 5.74) is 1.12. The molecule has 2 nitrogen and oxygen atoms in total. The number of esters is 1. The highest BCUT2D eigenvalue weighted by molar-refractivity contribution is 5.74. The summed E-state index contributed by atoms with van der Waals surface area (Å²) in [6.07, 6.45) is 5.93. The molecule has 0 radical (unpaired) electrons. The van der Waals surface area contributed by atoms with Crippen LogP contribution in [-0.2, 0) is 16.0 Å². The lowest BCUT2D eigenvalue weighted by Gasteiger charge is -2.11. The third-order valence-corrected chi connectivity index (χ3v) is 2.37. The molecule has 1 aromatic rings. The zero-order valence-electron chi connectivity index (χ0n) is 10.1. The number of carbonyl (C=O) groups excluding carboxylic acids is 1. The molecule has 1 unspecified atom stereocenters. The van der Waals surface area contributed by atoms with Crippen LogP contribution in [0, 0.1) is 5.92 Å². The van der Waals surface area contributed by atoms with Gasteiger partial charge in [-0.25, -0.2) is 0 Å². The quantitative estimate of drug-likeness (QED) is 0.554. The van der Waals surface area contributed by atoms with Gasteiger partial charge in [-0.05, 0) is 18.9 Å². The summed E-state index contributed by atoms with van der Waals surface area (Å²) in [6.45, 7) is 5.83. The molecule has 0 aliphatic heterocycles. The Labute approximate surface area is 103 Å². The van der Waals surface area contributed by atoms with E-state index in [9.17, 15) is 4.79 Å². The van der Waals surface area contributed by atoms with Crippen molar-refractivity contribution in [3.63, 3.8) is 0 Å². The normalized spacial score (nSPS) is 12.3. The third kappa shape index (κ3) is 4.68. The van der Waals surface area contributed by atoms with Crippen molar-refractivity contribution in [2.45, 2.75) is 13.3 Å². The maximum atomic E-state index is 11.7. The molecule has 0 bridgehead atoms. The average Bonchev–Trinajstić information content (AvgIpc) is 2.36. The van der Waals surface area contributed by atoms with Gasteiger partial charge < -0.3 is 4.74 Å². The second-order valence-electron chi connectivity index (χ2n) is 3.67. The molecule has 17 heavy (non-hydrogen) atoms. The molecule has 0 fully saturated rings. The van der Waals surface area contributed by atoms with Gasteiger partial charge in [0.1, 0.15) is 0 Å². The van der Waals surface area contributed by atoms with E-state index in [2.05, 4.69) is 6.58 Å². The standard InChI is InChI=1S/C15H18O2/c1-3-5-11-14(15(16)17-4-2)12-13-9-7-6-8-10-13/h3,5-11,14H,1,4,12H2,2H3. The van der Waals surface area contributed by atoms with Gasteiger partial charge in [0.25, 0.3) is 0 Å². The Bertz CT molecular complexity index is 379. The van der Waals surface area contributed by atoms with Gasteiger partial charge in [-0.1, -0.05) is 55.1 Å². The molecular weight excluding hydrogens is 212 g/mol. The second-order valence-corrected chi connectivity index (χ2v) is 3.67. The molecule has 0 saturated heterocycles. The summed E-state index contributed by atoms with van der Waals surface area (Å²) in [5.74, 6) is -0.426. The average molecular weight is 230 g/mol. The molecule has 90 valence electrons. The summed E-state index contributed by atoms with van der Waals surface area (Å²) in [7, 11) is 0. The van der Waals surface area contributed by atoms with E-state index in [1.165, 1.54) is 0 Å². The van der Waals surface area contributed by atoms with E-state index in [0.29, 0.717) is 13.0 Å². The Morgan fingerprint density at radius 2 is 2.12 bits per heavy atom. The molecule has 0 spiro atoms. The van der Waals surface area contributed by atoms with Gasteiger partial charge >= 0.3 is 5.97 Å². The van der Waals surface area contributed by atoms with Gasteiger partial charge in [-0.3, -0.25) is 4.79 Å². The van der Waals surface area contributed by atoms with E-state index in [0.717, 1.165) is 5.56 Å². The topological polar surface area (TPSA) is 26.3 Å². The predicted octanol–water partition coefficient (Wildman–Crippen LogP) is 3.15. The van der Waals surface area contributed by atoms with E-state index in [1.54, 1.807) is 12.2 Å². The van der Waals surface area contributed by atoms with Crippen LogP contribution in [0.15, 0.2) is 55.1 Å². The summed E-state index contributed by atoms with van der Waals surface area (Å²) < 4.78 is 5.05. The number of carbonyl (C=O) groups is 1. The molecule has 1 atom stereocenters. The van der Waals surface area contributed by atoms with Crippen LogP contribution in [0.4, 0.5) is 0 Å². The van der Waals surface area contributed by atoms with Gasteiger partial charge in [-0.2, -0.15) is 0 Å². The molecule has 0 aliphatic carbocycles. The summed E-state index contributed by atoms with van der Waals surface area (Å²) in [6, 6.07) is 9.91. The summed E-state index contributed by atoms with van der Waals surface area (Å²) in [5, 5.41) is 0. The highest BCUT2D eigenvalue weighted by Crippen LogP contribution is 2.12.